The van der Waals surface area contributed by atoms with Gasteiger partial charge in [-0.25, -0.2) is 17.5 Å². The van der Waals surface area contributed by atoms with Crippen molar-refractivity contribution in [2.24, 2.45) is 0 Å². The van der Waals surface area contributed by atoms with Gasteiger partial charge >= 0.3 is 0 Å². The Morgan fingerprint density at radius 1 is 1.44 bits per heavy atom. The summed E-state index contributed by atoms with van der Waals surface area (Å²) in [6.45, 7) is 1.87. The maximum atomic E-state index is 12.9. The number of aliphatic hydroxyl groups is 2. The fourth-order valence-electron chi connectivity index (χ4n) is 1.30. The Hall–Kier alpha value is -1.02. The van der Waals surface area contributed by atoms with Gasteiger partial charge < -0.3 is 10.2 Å². The molecular weight excluding hydrogens is 261 g/mol. The lowest BCUT2D eigenvalue weighted by Gasteiger charge is -2.20. The molecule has 0 spiro atoms. The second-order valence-corrected chi connectivity index (χ2v) is 6.12. The molecule has 0 radical (unpaired) electrons. The lowest BCUT2D eigenvalue weighted by molar-refractivity contribution is 0.00681. The molecule has 0 aliphatic carbocycles. The molecule has 5 nitrogen and oxygen atoms in total. The van der Waals surface area contributed by atoms with Crippen LogP contribution in [0.5, 0.6) is 0 Å². The van der Waals surface area contributed by atoms with Gasteiger partial charge in [0.25, 0.3) is 0 Å². The molecule has 0 aliphatic rings. The van der Waals surface area contributed by atoms with Crippen molar-refractivity contribution >= 4 is 10.0 Å². The van der Waals surface area contributed by atoms with Crippen LogP contribution in [0, 0.1) is 12.7 Å². The minimum absolute atomic E-state index is 0.0577. The number of aliphatic hydroxyl groups excluding tert-OH is 1. The lowest BCUT2D eigenvalue weighted by Crippen LogP contribution is -2.43. The third-order valence-electron chi connectivity index (χ3n) is 2.41. The molecule has 0 aliphatic heterocycles. The number of aryl methyl sites for hydroxylation is 1. The van der Waals surface area contributed by atoms with Crippen molar-refractivity contribution in [3.63, 3.8) is 0 Å². The van der Waals surface area contributed by atoms with Gasteiger partial charge in [-0.1, -0.05) is 0 Å². The number of hydrogen-bond acceptors (Lipinski definition) is 4. The molecule has 1 aromatic carbocycles. The number of sulfonamides is 1. The van der Waals surface area contributed by atoms with Gasteiger partial charge in [-0.3, -0.25) is 0 Å². The molecule has 0 amide bonds. The van der Waals surface area contributed by atoms with Crippen LogP contribution < -0.4 is 4.72 Å². The molecule has 0 aromatic heterocycles. The van der Waals surface area contributed by atoms with Crippen LogP contribution in [0.15, 0.2) is 23.1 Å². The van der Waals surface area contributed by atoms with Crippen LogP contribution in [0.1, 0.15) is 12.5 Å². The summed E-state index contributed by atoms with van der Waals surface area (Å²) in [5.41, 5.74) is -1.27. The van der Waals surface area contributed by atoms with Crippen LogP contribution in [-0.2, 0) is 10.0 Å². The molecule has 0 fully saturated rings. The zero-order valence-corrected chi connectivity index (χ0v) is 11.0. The van der Waals surface area contributed by atoms with E-state index in [2.05, 4.69) is 4.72 Å². The summed E-state index contributed by atoms with van der Waals surface area (Å²) in [5, 5.41) is 18.3. The zero-order chi connectivity index (χ0) is 14.0. The third-order valence-corrected chi connectivity index (χ3v) is 3.97. The SMILES string of the molecule is Cc1cc(F)ccc1S(=O)(=O)NCC(C)(O)CO. The molecule has 1 unspecified atom stereocenters. The molecule has 3 N–H and O–H groups in total. The Labute approximate surface area is 105 Å². The van der Waals surface area contributed by atoms with E-state index in [1.165, 1.54) is 13.8 Å². The summed E-state index contributed by atoms with van der Waals surface area (Å²) in [6, 6.07) is 3.31. The van der Waals surface area contributed by atoms with Gasteiger partial charge in [0.1, 0.15) is 5.82 Å². The van der Waals surface area contributed by atoms with E-state index >= 15 is 0 Å². The highest BCUT2D eigenvalue weighted by Gasteiger charge is 2.24. The molecule has 18 heavy (non-hydrogen) atoms. The van der Waals surface area contributed by atoms with Crippen LogP contribution in [0.3, 0.4) is 0 Å². The summed E-state index contributed by atoms with van der Waals surface area (Å²) < 4.78 is 38.8. The highest BCUT2D eigenvalue weighted by Crippen LogP contribution is 2.16. The highest BCUT2D eigenvalue weighted by atomic mass is 32.2. The number of hydrogen-bond donors (Lipinski definition) is 3. The maximum Gasteiger partial charge on any atom is 0.240 e. The van der Waals surface area contributed by atoms with Gasteiger partial charge in [0.15, 0.2) is 0 Å². The largest absolute Gasteiger partial charge is 0.393 e. The summed E-state index contributed by atoms with van der Waals surface area (Å²) in [7, 11) is -3.84. The molecular formula is C11H16FNO4S. The van der Waals surface area contributed by atoms with Crippen LogP contribution in [0.4, 0.5) is 4.39 Å². The van der Waals surface area contributed by atoms with E-state index in [1.54, 1.807) is 0 Å². The molecule has 0 saturated carbocycles. The quantitative estimate of drug-likeness (QED) is 0.715. The summed E-state index contributed by atoms with van der Waals surface area (Å²) in [5.74, 6) is -0.520. The van der Waals surface area contributed by atoms with Gasteiger partial charge in [-0.2, -0.15) is 0 Å². The minimum Gasteiger partial charge on any atom is -0.393 e. The van der Waals surface area contributed by atoms with Gasteiger partial charge in [0, 0.05) is 6.54 Å². The van der Waals surface area contributed by atoms with E-state index in [9.17, 15) is 17.9 Å². The predicted octanol–water partition coefficient (Wildman–Crippen LogP) is 0.156. The Morgan fingerprint density at radius 2 is 2.06 bits per heavy atom. The van der Waals surface area contributed by atoms with Crippen molar-refractivity contribution in [3.8, 4) is 0 Å². The number of halogens is 1. The fraction of sp³-hybridized carbons (Fsp3) is 0.455. The summed E-state index contributed by atoms with van der Waals surface area (Å²) >= 11 is 0. The maximum absolute atomic E-state index is 12.9. The third kappa shape index (κ3) is 3.74. The average molecular weight is 277 g/mol. The van der Waals surface area contributed by atoms with Crippen LogP contribution in [0.2, 0.25) is 0 Å². The number of rotatable bonds is 5. The molecule has 102 valence electrons. The molecule has 1 aromatic rings. The first-order chi connectivity index (χ1) is 8.18. The second-order valence-electron chi connectivity index (χ2n) is 4.39. The van der Waals surface area contributed by atoms with E-state index in [4.69, 9.17) is 5.11 Å². The molecule has 0 heterocycles. The molecule has 1 atom stereocenters. The molecule has 7 heteroatoms. The van der Waals surface area contributed by atoms with Crippen molar-refractivity contribution in [2.75, 3.05) is 13.2 Å². The normalized spacial score (nSPS) is 15.4. The number of nitrogens with one attached hydrogen (secondary N) is 1. The zero-order valence-electron chi connectivity index (χ0n) is 10.1. The predicted molar refractivity (Wildman–Crippen MR) is 64.0 cm³/mol. The van der Waals surface area contributed by atoms with E-state index in [1.807, 2.05) is 0 Å². The average Bonchev–Trinajstić information content (AvgIpc) is 2.26. The van der Waals surface area contributed by atoms with Crippen molar-refractivity contribution in [1.82, 2.24) is 4.72 Å². The first-order valence-corrected chi connectivity index (χ1v) is 6.75. The lowest BCUT2D eigenvalue weighted by atomic mass is 10.1. The summed E-state index contributed by atoms with van der Waals surface area (Å²) in [6.07, 6.45) is 0. The van der Waals surface area contributed by atoms with Gasteiger partial charge in [0.05, 0.1) is 17.1 Å². The molecule has 0 bridgehead atoms. The van der Waals surface area contributed by atoms with E-state index in [-0.39, 0.29) is 17.0 Å². The Balaban J connectivity index is 2.94. The topological polar surface area (TPSA) is 86.6 Å². The van der Waals surface area contributed by atoms with Gasteiger partial charge in [-0.05, 0) is 37.6 Å². The monoisotopic (exact) mass is 277 g/mol. The molecule has 0 saturated heterocycles. The number of benzene rings is 1. The second kappa shape index (κ2) is 5.31. The van der Waals surface area contributed by atoms with Crippen molar-refractivity contribution in [1.29, 1.82) is 0 Å². The highest BCUT2D eigenvalue weighted by molar-refractivity contribution is 7.89. The van der Waals surface area contributed by atoms with E-state index < -0.39 is 28.0 Å². The smallest absolute Gasteiger partial charge is 0.240 e. The first kappa shape index (κ1) is 15.0. The van der Waals surface area contributed by atoms with Crippen LogP contribution in [-0.4, -0.2) is 37.4 Å². The Bertz CT molecular complexity index is 528. The molecule has 1 rings (SSSR count). The van der Waals surface area contributed by atoms with Gasteiger partial charge in [-0.15, -0.1) is 0 Å². The van der Waals surface area contributed by atoms with E-state index in [0.717, 1.165) is 18.2 Å². The van der Waals surface area contributed by atoms with Crippen molar-refractivity contribution in [2.45, 2.75) is 24.3 Å². The standard InChI is InChI=1S/C11H16FNO4S/c1-8-5-9(12)3-4-10(8)18(16,17)13-6-11(2,15)7-14/h3-5,13-15H,6-7H2,1-2H3. The van der Waals surface area contributed by atoms with Crippen LogP contribution in [0.25, 0.3) is 0 Å². The first-order valence-electron chi connectivity index (χ1n) is 5.27. The van der Waals surface area contributed by atoms with Gasteiger partial charge in [0.2, 0.25) is 10.0 Å². The van der Waals surface area contributed by atoms with Crippen molar-refractivity contribution in [3.05, 3.63) is 29.6 Å². The Kier molecular flexibility index (Phi) is 4.44. The van der Waals surface area contributed by atoms with E-state index in [0.29, 0.717) is 0 Å². The van der Waals surface area contributed by atoms with Crippen molar-refractivity contribution < 1.29 is 23.0 Å². The Morgan fingerprint density at radius 3 is 2.56 bits per heavy atom. The summed E-state index contributed by atoms with van der Waals surface area (Å²) in [4.78, 5) is -0.0577. The fourth-order valence-corrected chi connectivity index (χ4v) is 2.68. The minimum atomic E-state index is -3.84. The van der Waals surface area contributed by atoms with Crippen LogP contribution >= 0.6 is 0 Å².